The van der Waals surface area contributed by atoms with E-state index in [4.69, 9.17) is 0 Å². The van der Waals surface area contributed by atoms with Crippen molar-refractivity contribution in [2.24, 2.45) is 17.8 Å². The number of rotatable bonds is 5. The van der Waals surface area contributed by atoms with Crippen molar-refractivity contribution < 1.29 is 9.59 Å². The SMILES string of the molecule is CC1CCCC(NC(=O)CN2CCC(C(=O)c3ccccc3)CC2)C1C. The Morgan fingerprint density at radius 2 is 1.73 bits per heavy atom. The summed E-state index contributed by atoms with van der Waals surface area (Å²) < 4.78 is 0. The van der Waals surface area contributed by atoms with Crippen molar-refractivity contribution in [3.63, 3.8) is 0 Å². The van der Waals surface area contributed by atoms with E-state index in [0.29, 0.717) is 24.4 Å². The maximum Gasteiger partial charge on any atom is 0.234 e. The molecule has 1 aromatic carbocycles. The number of nitrogens with one attached hydrogen (secondary N) is 1. The third-order valence-corrected chi connectivity index (χ3v) is 6.44. The van der Waals surface area contributed by atoms with Crippen LogP contribution in [0.4, 0.5) is 0 Å². The van der Waals surface area contributed by atoms with Crippen LogP contribution in [-0.4, -0.2) is 42.3 Å². The van der Waals surface area contributed by atoms with Crippen LogP contribution in [-0.2, 0) is 4.79 Å². The maximum absolute atomic E-state index is 12.6. The van der Waals surface area contributed by atoms with Gasteiger partial charge in [-0.05, 0) is 44.2 Å². The van der Waals surface area contributed by atoms with Crippen molar-refractivity contribution in [3.05, 3.63) is 35.9 Å². The third kappa shape index (κ3) is 4.73. The monoisotopic (exact) mass is 356 g/mol. The zero-order valence-electron chi connectivity index (χ0n) is 16.1. The maximum atomic E-state index is 12.6. The van der Waals surface area contributed by atoms with E-state index in [1.165, 1.54) is 12.8 Å². The van der Waals surface area contributed by atoms with Gasteiger partial charge in [-0.2, -0.15) is 0 Å². The number of nitrogens with zero attached hydrogens (tertiary/aromatic N) is 1. The molecule has 1 N–H and O–H groups in total. The van der Waals surface area contributed by atoms with E-state index in [0.717, 1.165) is 37.9 Å². The lowest BCUT2D eigenvalue weighted by molar-refractivity contribution is -0.124. The number of piperidine rings is 1. The number of hydrogen-bond donors (Lipinski definition) is 1. The number of carbonyl (C=O) groups excluding carboxylic acids is 2. The molecule has 4 heteroatoms. The predicted molar refractivity (Wildman–Crippen MR) is 104 cm³/mol. The second kappa shape index (κ2) is 8.81. The lowest BCUT2D eigenvalue weighted by Crippen LogP contribution is -2.48. The minimum Gasteiger partial charge on any atom is -0.352 e. The van der Waals surface area contributed by atoms with Gasteiger partial charge in [0.25, 0.3) is 0 Å². The van der Waals surface area contributed by atoms with Crippen molar-refractivity contribution in [2.75, 3.05) is 19.6 Å². The summed E-state index contributed by atoms with van der Waals surface area (Å²) in [6, 6.07) is 9.89. The Balaban J connectivity index is 1.43. The number of amides is 1. The lowest BCUT2D eigenvalue weighted by atomic mass is 9.78. The van der Waals surface area contributed by atoms with Gasteiger partial charge < -0.3 is 5.32 Å². The van der Waals surface area contributed by atoms with Crippen LogP contribution in [0, 0.1) is 17.8 Å². The van der Waals surface area contributed by atoms with Crippen molar-refractivity contribution >= 4 is 11.7 Å². The van der Waals surface area contributed by atoms with Gasteiger partial charge in [0, 0.05) is 17.5 Å². The molecule has 1 aromatic rings. The van der Waals surface area contributed by atoms with Crippen LogP contribution >= 0.6 is 0 Å². The van der Waals surface area contributed by atoms with E-state index in [9.17, 15) is 9.59 Å². The minimum atomic E-state index is 0.0935. The summed E-state index contributed by atoms with van der Waals surface area (Å²) >= 11 is 0. The molecule has 1 aliphatic carbocycles. The highest BCUT2D eigenvalue weighted by Gasteiger charge is 2.30. The van der Waals surface area contributed by atoms with Gasteiger partial charge in [0.2, 0.25) is 5.91 Å². The molecule has 1 saturated heterocycles. The van der Waals surface area contributed by atoms with Gasteiger partial charge in [0.1, 0.15) is 0 Å². The molecular weight excluding hydrogens is 324 g/mol. The van der Waals surface area contributed by atoms with Crippen molar-refractivity contribution in [2.45, 2.75) is 52.0 Å². The zero-order chi connectivity index (χ0) is 18.5. The minimum absolute atomic E-state index is 0.0935. The summed E-state index contributed by atoms with van der Waals surface area (Å²) in [5.74, 6) is 1.73. The number of benzene rings is 1. The molecule has 3 unspecified atom stereocenters. The molecule has 3 atom stereocenters. The molecule has 0 radical (unpaired) electrons. The van der Waals surface area contributed by atoms with E-state index in [1.54, 1.807) is 0 Å². The van der Waals surface area contributed by atoms with Gasteiger partial charge in [0.05, 0.1) is 6.54 Å². The Kier molecular flexibility index (Phi) is 6.47. The molecule has 0 aromatic heterocycles. The highest BCUT2D eigenvalue weighted by atomic mass is 16.2. The Hall–Kier alpha value is -1.68. The van der Waals surface area contributed by atoms with Crippen LogP contribution in [0.25, 0.3) is 0 Å². The standard InChI is InChI=1S/C22H32N2O2/c1-16-7-6-10-20(17(16)2)23-21(25)15-24-13-11-19(12-14-24)22(26)18-8-4-3-5-9-18/h3-5,8-9,16-17,19-20H,6-7,10-15H2,1-2H3,(H,23,25). The fraction of sp³-hybridized carbons (Fsp3) is 0.636. The molecule has 1 heterocycles. The average Bonchev–Trinajstić information content (AvgIpc) is 2.66. The van der Waals surface area contributed by atoms with Crippen LogP contribution < -0.4 is 5.32 Å². The van der Waals surface area contributed by atoms with Gasteiger partial charge in [-0.15, -0.1) is 0 Å². The van der Waals surface area contributed by atoms with E-state index >= 15 is 0 Å². The molecule has 1 aliphatic heterocycles. The first-order valence-corrected chi connectivity index (χ1v) is 10.2. The van der Waals surface area contributed by atoms with Crippen LogP contribution in [0.5, 0.6) is 0 Å². The quantitative estimate of drug-likeness (QED) is 0.821. The van der Waals surface area contributed by atoms with Gasteiger partial charge in [-0.1, -0.05) is 57.0 Å². The molecule has 1 saturated carbocycles. The molecule has 142 valence electrons. The molecule has 0 bridgehead atoms. The number of carbonyl (C=O) groups is 2. The van der Waals surface area contributed by atoms with Crippen LogP contribution in [0.1, 0.15) is 56.3 Å². The highest BCUT2D eigenvalue weighted by molar-refractivity contribution is 5.97. The predicted octanol–water partition coefficient (Wildman–Crippen LogP) is 3.52. The molecule has 0 spiro atoms. The molecular formula is C22H32N2O2. The second-order valence-electron chi connectivity index (χ2n) is 8.22. The Morgan fingerprint density at radius 3 is 2.42 bits per heavy atom. The summed E-state index contributed by atoms with van der Waals surface area (Å²) in [6.45, 7) is 6.66. The van der Waals surface area contributed by atoms with Crippen molar-refractivity contribution in [3.8, 4) is 0 Å². The van der Waals surface area contributed by atoms with Crippen LogP contribution in [0.2, 0.25) is 0 Å². The van der Waals surface area contributed by atoms with Gasteiger partial charge in [-0.25, -0.2) is 0 Å². The van der Waals surface area contributed by atoms with E-state index in [-0.39, 0.29) is 17.6 Å². The summed E-state index contributed by atoms with van der Waals surface area (Å²) in [5, 5.41) is 3.26. The number of ketones is 1. The molecule has 2 fully saturated rings. The first-order valence-electron chi connectivity index (χ1n) is 10.2. The van der Waals surface area contributed by atoms with Crippen LogP contribution in [0.15, 0.2) is 30.3 Å². The smallest absolute Gasteiger partial charge is 0.234 e. The fourth-order valence-electron chi connectivity index (χ4n) is 4.43. The van der Waals surface area contributed by atoms with Gasteiger partial charge in [0.15, 0.2) is 5.78 Å². The number of hydrogen-bond acceptors (Lipinski definition) is 3. The Morgan fingerprint density at radius 1 is 1.04 bits per heavy atom. The van der Waals surface area contributed by atoms with E-state index in [1.807, 2.05) is 30.3 Å². The molecule has 2 aliphatic rings. The summed E-state index contributed by atoms with van der Waals surface area (Å²) in [4.78, 5) is 27.2. The molecule has 4 nitrogen and oxygen atoms in total. The fourth-order valence-corrected chi connectivity index (χ4v) is 4.43. The number of likely N-dealkylation sites (tertiary alicyclic amines) is 1. The molecule has 26 heavy (non-hydrogen) atoms. The van der Waals surface area contributed by atoms with Gasteiger partial charge in [-0.3, -0.25) is 14.5 Å². The Labute approximate surface area is 157 Å². The normalized spacial score (nSPS) is 27.8. The lowest BCUT2D eigenvalue weighted by Gasteiger charge is -2.36. The van der Waals surface area contributed by atoms with Crippen LogP contribution in [0.3, 0.4) is 0 Å². The topological polar surface area (TPSA) is 49.4 Å². The zero-order valence-corrected chi connectivity index (χ0v) is 16.1. The third-order valence-electron chi connectivity index (χ3n) is 6.44. The molecule has 3 rings (SSSR count). The largest absolute Gasteiger partial charge is 0.352 e. The van der Waals surface area contributed by atoms with E-state index < -0.39 is 0 Å². The summed E-state index contributed by atoms with van der Waals surface area (Å²) in [5.41, 5.74) is 0.809. The summed E-state index contributed by atoms with van der Waals surface area (Å²) in [6.07, 6.45) is 5.28. The average molecular weight is 357 g/mol. The second-order valence-corrected chi connectivity index (χ2v) is 8.22. The van der Waals surface area contributed by atoms with Crippen molar-refractivity contribution in [1.82, 2.24) is 10.2 Å². The van der Waals surface area contributed by atoms with E-state index in [2.05, 4.69) is 24.1 Å². The van der Waals surface area contributed by atoms with Gasteiger partial charge >= 0.3 is 0 Å². The highest BCUT2D eigenvalue weighted by Crippen LogP contribution is 2.29. The Bertz CT molecular complexity index is 608. The number of Topliss-reactive ketones (excluding diaryl/α,β-unsaturated/α-hetero) is 1. The first kappa shape index (κ1) is 19.1. The molecule has 1 amide bonds. The first-order chi connectivity index (χ1) is 12.5. The summed E-state index contributed by atoms with van der Waals surface area (Å²) in [7, 11) is 0. The van der Waals surface area contributed by atoms with Crippen molar-refractivity contribution in [1.29, 1.82) is 0 Å².